The van der Waals surface area contributed by atoms with Gasteiger partial charge in [-0.3, -0.25) is 0 Å². The van der Waals surface area contributed by atoms with Crippen LogP contribution in [-0.4, -0.2) is 21.8 Å². The normalized spacial score (nSPS) is 25.4. The fraction of sp³-hybridized carbons (Fsp3) is 0.389. The van der Waals surface area contributed by atoms with Crippen molar-refractivity contribution in [3.05, 3.63) is 52.6 Å². The Labute approximate surface area is 125 Å². The zero-order valence-corrected chi connectivity index (χ0v) is 12.8. The Balaban J connectivity index is 2.41. The van der Waals surface area contributed by atoms with E-state index in [1.807, 2.05) is 13.0 Å². The van der Waals surface area contributed by atoms with Gasteiger partial charge >= 0.3 is 5.97 Å². The monoisotopic (exact) mass is 286 g/mol. The Kier molecular flexibility index (Phi) is 4.33. The van der Waals surface area contributed by atoms with E-state index in [2.05, 4.69) is 26.0 Å². The summed E-state index contributed by atoms with van der Waals surface area (Å²) < 4.78 is 0. The Hall–Kier alpha value is -1.87. The highest BCUT2D eigenvalue weighted by Crippen LogP contribution is 2.40. The van der Waals surface area contributed by atoms with Gasteiger partial charge in [0, 0.05) is 12.5 Å². The number of carbonyl (C=O) groups is 1. The number of hydrogen-bond donors (Lipinski definition) is 2. The average molecular weight is 286 g/mol. The van der Waals surface area contributed by atoms with Crippen molar-refractivity contribution in [2.75, 3.05) is 0 Å². The molecule has 0 aromatic heterocycles. The lowest BCUT2D eigenvalue weighted by atomic mass is 9.73. The van der Waals surface area contributed by atoms with Crippen LogP contribution in [0.25, 0.3) is 6.08 Å². The van der Waals surface area contributed by atoms with Gasteiger partial charge in [-0.2, -0.15) is 0 Å². The molecule has 0 bridgehead atoms. The third kappa shape index (κ3) is 3.61. The Morgan fingerprint density at radius 2 is 2.10 bits per heavy atom. The summed E-state index contributed by atoms with van der Waals surface area (Å²) in [7, 11) is 0. The first kappa shape index (κ1) is 15.5. The van der Waals surface area contributed by atoms with Gasteiger partial charge in [-0.15, -0.1) is 0 Å². The zero-order chi connectivity index (χ0) is 15.6. The molecule has 1 aromatic rings. The molecular weight excluding hydrogens is 264 g/mol. The molecule has 3 heteroatoms. The maximum absolute atomic E-state index is 10.5. The van der Waals surface area contributed by atoms with Gasteiger partial charge < -0.3 is 10.2 Å². The van der Waals surface area contributed by atoms with Gasteiger partial charge in [0.1, 0.15) is 0 Å². The highest BCUT2D eigenvalue weighted by atomic mass is 16.4. The second-order valence-electron chi connectivity index (χ2n) is 6.20. The smallest absolute Gasteiger partial charge is 0.328 e. The Bertz CT molecular complexity index is 609. The summed E-state index contributed by atoms with van der Waals surface area (Å²) in [5, 5.41) is 18.9. The molecule has 0 radical (unpaired) electrons. The molecule has 2 unspecified atom stereocenters. The highest BCUT2D eigenvalue weighted by Gasteiger charge is 2.32. The van der Waals surface area contributed by atoms with Crippen LogP contribution < -0.4 is 0 Å². The molecule has 1 aliphatic carbocycles. The number of aliphatic carboxylic acids is 1. The van der Waals surface area contributed by atoms with Gasteiger partial charge in [0.25, 0.3) is 0 Å². The molecule has 0 fully saturated rings. The predicted molar refractivity (Wildman–Crippen MR) is 84.3 cm³/mol. The third-order valence-corrected chi connectivity index (χ3v) is 4.02. The fourth-order valence-electron chi connectivity index (χ4n) is 3.28. The van der Waals surface area contributed by atoms with Crippen molar-refractivity contribution >= 4 is 12.0 Å². The lowest BCUT2D eigenvalue weighted by molar-refractivity contribution is -0.131. The summed E-state index contributed by atoms with van der Waals surface area (Å²) in [4.78, 5) is 10.5. The zero-order valence-electron chi connectivity index (χ0n) is 12.8. The van der Waals surface area contributed by atoms with Crippen LogP contribution in [0.5, 0.6) is 0 Å². The van der Waals surface area contributed by atoms with Gasteiger partial charge in [0.05, 0.1) is 5.60 Å². The van der Waals surface area contributed by atoms with Crippen LogP contribution in [0.3, 0.4) is 0 Å². The molecule has 2 N–H and O–H groups in total. The summed E-state index contributed by atoms with van der Waals surface area (Å²) in [6.07, 6.45) is 7.79. The van der Waals surface area contributed by atoms with Crippen LogP contribution in [0, 0.1) is 6.92 Å². The van der Waals surface area contributed by atoms with Gasteiger partial charge in [0.2, 0.25) is 0 Å². The largest absolute Gasteiger partial charge is 0.478 e. The van der Waals surface area contributed by atoms with E-state index in [-0.39, 0.29) is 5.92 Å². The predicted octanol–water partition coefficient (Wildman–Crippen LogP) is 3.45. The van der Waals surface area contributed by atoms with E-state index < -0.39 is 11.6 Å². The van der Waals surface area contributed by atoms with E-state index in [1.54, 1.807) is 6.08 Å². The molecule has 2 rings (SSSR count). The SMILES string of the molecule is Cc1ccc2c(c1/C=C/C=C/C(=O)O)C(C)CC(C)(O)C2. The number of aryl methyl sites for hydroxylation is 1. The molecule has 2 atom stereocenters. The maximum Gasteiger partial charge on any atom is 0.328 e. The summed E-state index contributed by atoms with van der Waals surface area (Å²) >= 11 is 0. The molecule has 0 amide bonds. The van der Waals surface area contributed by atoms with E-state index in [4.69, 9.17) is 5.11 Å². The summed E-state index contributed by atoms with van der Waals surface area (Å²) in [5.74, 6) is -0.664. The fourth-order valence-corrected chi connectivity index (χ4v) is 3.28. The van der Waals surface area contributed by atoms with Crippen molar-refractivity contribution in [3.63, 3.8) is 0 Å². The van der Waals surface area contributed by atoms with Crippen LogP contribution in [-0.2, 0) is 11.2 Å². The van der Waals surface area contributed by atoms with E-state index in [0.29, 0.717) is 6.42 Å². The number of carboxylic acids is 1. The molecule has 112 valence electrons. The summed E-state index contributed by atoms with van der Waals surface area (Å²) in [5.41, 5.74) is 4.13. The maximum atomic E-state index is 10.5. The van der Waals surface area contributed by atoms with E-state index in [1.165, 1.54) is 22.8 Å². The molecule has 1 aromatic carbocycles. The first-order valence-corrected chi connectivity index (χ1v) is 7.22. The Morgan fingerprint density at radius 3 is 2.76 bits per heavy atom. The summed E-state index contributed by atoms with van der Waals surface area (Å²) in [6, 6.07) is 4.16. The number of rotatable bonds is 3. The Morgan fingerprint density at radius 1 is 1.38 bits per heavy atom. The second-order valence-corrected chi connectivity index (χ2v) is 6.20. The van der Waals surface area contributed by atoms with Gasteiger partial charge in [-0.25, -0.2) is 4.79 Å². The molecular formula is C18H22O3. The number of hydrogen-bond acceptors (Lipinski definition) is 2. The lowest BCUT2D eigenvalue weighted by Gasteiger charge is -2.35. The van der Waals surface area contributed by atoms with E-state index >= 15 is 0 Å². The second kappa shape index (κ2) is 5.86. The van der Waals surface area contributed by atoms with Crippen LogP contribution in [0.4, 0.5) is 0 Å². The van der Waals surface area contributed by atoms with E-state index in [0.717, 1.165) is 18.1 Å². The van der Waals surface area contributed by atoms with Crippen LogP contribution in [0.2, 0.25) is 0 Å². The van der Waals surface area contributed by atoms with Crippen molar-refractivity contribution < 1.29 is 15.0 Å². The number of fused-ring (bicyclic) bond motifs is 1. The molecule has 0 heterocycles. The third-order valence-electron chi connectivity index (χ3n) is 4.02. The molecule has 1 aliphatic rings. The molecule has 3 nitrogen and oxygen atoms in total. The molecule has 0 saturated carbocycles. The first-order valence-electron chi connectivity index (χ1n) is 7.22. The standard InChI is InChI=1S/C18H22O3/c1-12-8-9-14-11-18(3,21)10-13(2)17(14)15(12)6-4-5-7-16(19)20/h4-9,13,21H,10-11H2,1-3H3,(H,19,20)/b6-4+,7-5+. The van der Waals surface area contributed by atoms with Crippen LogP contribution in [0.15, 0.2) is 30.4 Å². The van der Waals surface area contributed by atoms with Crippen molar-refractivity contribution in [2.45, 2.75) is 45.1 Å². The van der Waals surface area contributed by atoms with Crippen molar-refractivity contribution in [1.82, 2.24) is 0 Å². The average Bonchev–Trinajstić information content (AvgIpc) is 2.35. The summed E-state index contributed by atoms with van der Waals surface area (Å²) in [6.45, 7) is 6.08. The van der Waals surface area contributed by atoms with Crippen LogP contribution in [0.1, 0.15) is 48.4 Å². The minimum Gasteiger partial charge on any atom is -0.478 e. The molecule has 0 saturated heterocycles. The number of carboxylic acid groups (broad SMARTS) is 1. The first-order chi connectivity index (χ1) is 9.80. The number of aliphatic hydroxyl groups is 1. The van der Waals surface area contributed by atoms with Gasteiger partial charge in [-0.1, -0.05) is 37.3 Å². The molecule has 0 spiro atoms. The molecule has 21 heavy (non-hydrogen) atoms. The lowest BCUT2D eigenvalue weighted by Crippen LogP contribution is -2.34. The van der Waals surface area contributed by atoms with Crippen LogP contribution >= 0.6 is 0 Å². The van der Waals surface area contributed by atoms with Crippen molar-refractivity contribution in [2.24, 2.45) is 0 Å². The number of allylic oxidation sites excluding steroid dienone is 2. The van der Waals surface area contributed by atoms with Gasteiger partial charge in [-0.05, 0) is 48.4 Å². The van der Waals surface area contributed by atoms with Gasteiger partial charge in [0.15, 0.2) is 0 Å². The highest BCUT2D eigenvalue weighted by molar-refractivity contribution is 5.80. The number of benzene rings is 1. The molecule has 0 aliphatic heterocycles. The van der Waals surface area contributed by atoms with E-state index in [9.17, 15) is 9.90 Å². The minimum absolute atomic E-state index is 0.284. The topological polar surface area (TPSA) is 57.5 Å². The van der Waals surface area contributed by atoms with Crippen molar-refractivity contribution in [1.29, 1.82) is 0 Å². The minimum atomic E-state index is -0.948. The quantitative estimate of drug-likeness (QED) is 0.661. The van der Waals surface area contributed by atoms with Crippen molar-refractivity contribution in [3.8, 4) is 0 Å².